The van der Waals surface area contributed by atoms with Crippen molar-refractivity contribution in [1.29, 1.82) is 0 Å². The molecule has 0 aromatic heterocycles. The standard InChI is InChI=1S/C20H24F3NO/c1-3-14-4-5-15(6-8-24-9-7-20(22,23)13-24)19-16(10-14)11-17(21)12-18(19)25-2/h4-5,11-12H,3,6-10,13H2,1-2H3. The van der Waals surface area contributed by atoms with Crippen molar-refractivity contribution in [3.05, 3.63) is 46.8 Å². The minimum absolute atomic E-state index is 0.0724. The van der Waals surface area contributed by atoms with Crippen LogP contribution in [0.25, 0.3) is 5.57 Å². The molecule has 0 amide bonds. The molecule has 0 radical (unpaired) electrons. The second kappa shape index (κ2) is 7.24. The predicted molar refractivity (Wildman–Crippen MR) is 93.6 cm³/mol. The van der Waals surface area contributed by atoms with Gasteiger partial charge in [-0.3, -0.25) is 4.90 Å². The summed E-state index contributed by atoms with van der Waals surface area (Å²) in [6.45, 7) is 2.89. The van der Waals surface area contributed by atoms with E-state index < -0.39 is 5.92 Å². The summed E-state index contributed by atoms with van der Waals surface area (Å²) in [7, 11) is 1.53. The van der Waals surface area contributed by atoms with Gasteiger partial charge in [0.05, 0.1) is 13.7 Å². The topological polar surface area (TPSA) is 12.5 Å². The third-order valence-electron chi connectivity index (χ3n) is 5.03. The van der Waals surface area contributed by atoms with Crippen LogP contribution in [0.5, 0.6) is 5.75 Å². The lowest BCUT2D eigenvalue weighted by atomic mass is 9.94. The summed E-state index contributed by atoms with van der Waals surface area (Å²) in [6, 6.07) is 2.96. The Bertz CT molecular complexity index is 709. The fourth-order valence-electron chi connectivity index (χ4n) is 3.63. The first-order valence-corrected chi connectivity index (χ1v) is 8.77. The second-order valence-electron chi connectivity index (χ2n) is 6.82. The van der Waals surface area contributed by atoms with Crippen LogP contribution in [0.4, 0.5) is 13.2 Å². The van der Waals surface area contributed by atoms with E-state index in [4.69, 9.17) is 4.74 Å². The number of hydrogen-bond donors (Lipinski definition) is 0. The second-order valence-corrected chi connectivity index (χ2v) is 6.82. The smallest absolute Gasteiger partial charge is 0.261 e. The van der Waals surface area contributed by atoms with Gasteiger partial charge in [-0.2, -0.15) is 0 Å². The predicted octanol–water partition coefficient (Wildman–Crippen LogP) is 4.84. The highest BCUT2D eigenvalue weighted by Crippen LogP contribution is 2.37. The fourth-order valence-corrected chi connectivity index (χ4v) is 3.63. The van der Waals surface area contributed by atoms with E-state index in [-0.39, 0.29) is 18.8 Å². The van der Waals surface area contributed by atoms with Crippen LogP contribution in [-0.2, 0) is 6.42 Å². The van der Waals surface area contributed by atoms with Crippen molar-refractivity contribution in [2.75, 3.05) is 26.7 Å². The fraction of sp³-hybridized carbons (Fsp3) is 0.500. The first kappa shape index (κ1) is 18.1. The zero-order valence-corrected chi connectivity index (χ0v) is 14.7. The van der Waals surface area contributed by atoms with Gasteiger partial charge in [0.1, 0.15) is 11.6 Å². The number of fused-ring (bicyclic) bond motifs is 1. The van der Waals surface area contributed by atoms with Gasteiger partial charge in [0.25, 0.3) is 5.92 Å². The van der Waals surface area contributed by atoms with E-state index in [1.165, 1.54) is 18.7 Å². The Morgan fingerprint density at radius 3 is 2.68 bits per heavy atom. The minimum atomic E-state index is -2.58. The van der Waals surface area contributed by atoms with E-state index in [9.17, 15) is 13.2 Å². The molecule has 0 atom stereocenters. The third kappa shape index (κ3) is 4.09. The minimum Gasteiger partial charge on any atom is -0.496 e. The van der Waals surface area contributed by atoms with Crippen LogP contribution < -0.4 is 4.74 Å². The van der Waals surface area contributed by atoms with Gasteiger partial charge in [-0.25, -0.2) is 13.2 Å². The lowest BCUT2D eigenvalue weighted by molar-refractivity contribution is 0.0124. The molecule has 1 fully saturated rings. The molecule has 25 heavy (non-hydrogen) atoms. The van der Waals surface area contributed by atoms with Crippen LogP contribution in [-0.4, -0.2) is 37.6 Å². The van der Waals surface area contributed by atoms with Crippen LogP contribution in [0.3, 0.4) is 0 Å². The van der Waals surface area contributed by atoms with Gasteiger partial charge in [-0.05, 0) is 36.5 Å². The monoisotopic (exact) mass is 351 g/mol. The summed E-state index contributed by atoms with van der Waals surface area (Å²) in [4.78, 5) is 1.80. The number of allylic oxidation sites excluding steroid dienone is 3. The maximum atomic E-state index is 13.9. The number of likely N-dealkylation sites (tertiary alicyclic amines) is 1. The van der Waals surface area contributed by atoms with Crippen molar-refractivity contribution < 1.29 is 17.9 Å². The highest BCUT2D eigenvalue weighted by Gasteiger charge is 2.37. The van der Waals surface area contributed by atoms with Crippen LogP contribution in [0.15, 0.2) is 29.9 Å². The number of nitrogens with zero attached hydrogens (tertiary/aromatic N) is 1. The molecule has 0 unspecified atom stereocenters. The molecule has 1 heterocycles. The molecule has 0 saturated carbocycles. The molecule has 1 saturated heterocycles. The zero-order chi connectivity index (χ0) is 18.0. The van der Waals surface area contributed by atoms with Crippen molar-refractivity contribution in [2.45, 2.75) is 38.5 Å². The molecule has 0 bridgehead atoms. The summed E-state index contributed by atoms with van der Waals surface area (Å²) in [6.07, 6.45) is 6.25. The Balaban J connectivity index is 1.87. The molecule has 5 heteroatoms. The molecular formula is C20H24F3NO. The highest BCUT2D eigenvalue weighted by molar-refractivity contribution is 5.76. The molecule has 1 aromatic carbocycles. The van der Waals surface area contributed by atoms with Crippen molar-refractivity contribution in [3.63, 3.8) is 0 Å². The van der Waals surface area contributed by atoms with E-state index in [1.807, 2.05) is 6.08 Å². The van der Waals surface area contributed by atoms with E-state index in [0.717, 1.165) is 23.1 Å². The first-order valence-electron chi connectivity index (χ1n) is 8.77. The SMILES string of the molecule is CCC1=CC=C(CCN2CCC(F)(F)C2)c2c(cc(F)cc2OC)C1. The van der Waals surface area contributed by atoms with Gasteiger partial charge in [-0.15, -0.1) is 0 Å². The first-order chi connectivity index (χ1) is 11.9. The summed E-state index contributed by atoms with van der Waals surface area (Å²) in [5, 5.41) is 0. The van der Waals surface area contributed by atoms with Gasteiger partial charge < -0.3 is 4.74 Å². The van der Waals surface area contributed by atoms with Crippen molar-refractivity contribution in [2.24, 2.45) is 0 Å². The lowest BCUT2D eigenvalue weighted by Crippen LogP contribution is -2.26. The van der Waals surface area contributed by atoms with Gasteiger partial charge >= 0.3 is 0 Å². The zero-order valence-electron chi connectivity index (χ0n) is 14.7. The molecule has 1 aromatic rings. The Morgan fingerprint density at radius 2 is 2.04 bits per heavy atom. The number of halogens is 3. The van der Waals surface area contributed by atoms with Gasteiger partial charge in [0, 0.05) is 31.1 Å². The molecule has 136 valence electrons. The van der Waals surface area contributed by atoms with E-state index in [1.54, 1.807) is 11.0 Å². The van der Waals surface area contributed by atoms with Gasteiger partial charge in [0.15, 0.2) is 0 Å². The van der Waals surface area contributed by atoms with Gasteiger partial charge in [-0.1, -0.05) is 24.6 Å². The largest absolute Gasteiger partial charge is 0.496 e. The Labute approximate surface area is 147 Å². The molecule has 1 aliphatic heterocycles. The van der Waals surface area contributed by atoms with E-state index >= 15 is 0 Å². The maximum Gasteiger partial charge on any atom is 0.261 e. The van der Waals surface area contributed by atoms with E-state index in [0.29, 0.717) is 31.7 Å². The molecule has 0 N–H and O–H groups in total. The van der Waals surface area contributed by atoms with Crippen molar-refractivity contribution in [3.8, 4) is 5.75 Å². The van der Waals surface area contributed by atoms with Crippen LogP contribution in [0.1, 0.15) is 37.3 Å². The van der Waals surface area contributed by atoms with Gasteiger partial charge in [0.2, 0.25) is 0 Å². The average Bonchev–Trinajstić information content (AvgIpc) is 2.82. The molecule has 2 nitrogen and oxygen atoms in total. The number of rotatable bonds is 5. The lowest BCUT2D eigenvalue weighted by Gasteiger charge is -2.19. The van der Waals surface area contributed by atoms with Crippen LogP contribution in [0.2, 0.25) is 0 Å². The molecule has 2 aliphatic rings. The molecule has 1 aliphatic carbocycles. The number of benzene rings is 1. The van der Waals surface area contributed by atoms with E-state index in [2.05, 4.69) is 13.0 Å². The van der Waals surface area contributed by atoms with Crippen molar-refractivity contribution >= 4 is 5.57 Å². The average molecular weight is 351 g/mol. The summed E-state index contributed by atoms with van der Waals surface area (Å²) >= 11 is 0. The number of ether oxygens (including phenoxy) is 1. The number of methoxy groups -OCH3 is 1. The summed E-state index contributed by atoms with van der Waals surface area (Å²) in [5.41, 5.74) is 4.05. The number of hydrogen-bond acceptors (Lipinski definition) is 2. The quantitative estimate of drug-likeness (QED) is 0.752. The summed E-state index contributed by atoms with van der Waals surface area (Å²) in [5.74, 6) is -2.38. The third-order valence-corrected chi connectivity index (χ3v) is 5.03. The Kier molecular flexibility index (Phi) is 5.23. The highest BCUT2D eigenvalue weighted by atomic mass is 19.3. The Hall–Kier alpha value is -1.75. The van der Waals surface area contributed by atoms with Crippen LogP contribution >= 0.6 is 0 Å². The van der Waals surface area contributed by atoms with Crippen molar-refractivity contribution in [1.82, 2.24) is 4.90 Å². The molecular weight excluding hydrogens is 327 g/mol. The maximum absolute atomic E-state index is 13.9. The summed E-state index contributed by atoms with van der Waals surface area (Å²) < 4.78 is 46.1. The molecule has 3 rings (SSSR count). The number of alkyl halides is 2. The Morgan fingerprint density at radius 1 is 1.24 bits per heavy atom. The van der Waals surface area contributed by atoms with Crippen LogP contribution in [0, 0.1) is 5.82 Å². The molecule has 0 spiro atoms. The normalized spacial score (nSPS) is 19.9.